The Morgan fingerprint density at radius 3 is 2.70 bits per heavy atom. The molecule has 1 aromatic carbocycles. The second-order valence-corrected chi connectivity index (χ2v) is 9.32. The Bertz CT molecular complexity index is 665. The predicted octanol–water partition coefficient (Wildman–Crippen LogP) is 2.73. The summed E-state index contributed by atoms with van der Waals surface area (Å²) >= 11 is 7.78. The van der Waals surface area contributed by atoms with Crippen LogP contribution < -0.4 is 0 Å². The number of sulfonamides is 1. The van der Waals surface area contributed by atoms with E-state index in [1.54, 1.807) is 11.8 Å². The molecule has 4 nitrogen and oxygen atoms in total. The van der Waals surface area contributed by atoms with Gasteiger partial charge >= 0.3 is 0 Å². The van der Waals surface area contributed by atoms with Crippen LogP contribution in [0.3, 0.4) is 0 Å². The normalized spacial score (nSPS) is 19.5. The lowest BCUT2D eigenvalue weighted by atomic mass is 10.2. The van der Waals surface area contributed by atoms with Gasteiger partial charge in [0.25, 0.3) is 0 Å². The molecule has 1 fully saturated rings. The minimum atomic E-state index is -3.61. The summed E-state index contributed by atoms with van der Waals surface area (Å²) in [6.07, 6.45) is 0. The zero-order valence-corrected chi connectivity index (χ0v) is 13.6. The molecule has 1 saturated heterocycles. The summed E-state index contributed by atoms with van der Waals surface area (Å²) in [6, 6.07) is 6.21. The van der Waals surface area contributed by atoms with Gasteiger partial charge in [0.1, 0.15) is 4.90 Å². The van der Waals surface area contributed by atoms with Crippen molar-refractivity contribution >= 4 is 33.4 Å². The summed E-state index contributed by atoms with van der Waals surface area (Å²) < 4.78 is 26.7. The van der Waals surface area contributed by atoms with Crippen LogP contribution in [-0.4, -0.2) is 36.3 Å². The molecule has 0 amide bonds. The molecule has 0 aromatic heterocycles. The van der Waals surface area contributed by atoms with Gasteiger partial charge in [-0.25, -0.2) is 8.42 Å². The molecule has 0 spiro atoms. The first-order valence-corrected chi connectivity index (χ1v) is 8.90. The van der Waals surface area contributed by atoms with Gasteiger partial charge < -0.3 is 0 Å². The Morgan fingerprint density at radius 2 is 2.15 bits per heavy atom. The molecule has 0 saturated carbocycles. The third-order valence-corrected chi connectivity index (χ3v) is 6.69. The maximum absolute atomic E-state index is 12.6. The number of halogens is 1. The average Bonchev–Trinajstić information content (AvgIpc) is 2.37. The van der Waals surface area contributed by atoms with Crippen molar-refractivity contribution in [3.63, 3.8) is 0 Å². The highest BCUT2D eigenvalue weighted by Gasteiger charge is 2.35. The number of thioether (sulfide) groups is 1. The fraction of sp³-hybridized carbons (Fsp3) is 0.462. The first-order chi connectivity index (χ1) is 9.26. The number of hydrogen-bond acceptors (Lipinski definition) is 4. The van der Waals surface area contributed by atoms with E-state index in [0.29, 0.717) is 18.7 Å². The Morgan fingerprint density at radius 1 is 1.45 bits per heavy atom. The fourth-order valence-corrected chi connectivity index (χ4v) is 5.53. The minimum Gasteiger partial charge on any atom is -0.207 e. The highest BCUT2D eigenvalue weighted by Crippen LogP contribution is 2.34. The van der Waals surface area contributed by atoms with E-state index in [1.807, 2.05) is 19.9 Å². The van der Waals surface area contributed by atoms with E-state index in [0.717, 1.165) is 5.75 Å². The summed E-state index contributed by atoms with van der Waals surface area (Å²) in [5.41, 5.74) is 0.350. The van der Waals surface area contributed by atoms with Gasteiger partial charge in [0.2, 0.25) is 10.0 Å². The molecule has 20 heavy (non-hydrogen) atoms. The Hall–Kier alpha value is -0.740. The molecule has 1 heterocycles. The van der Waals surface area contributed by atoms with E-state index >= 15 is 0 Å². The van der Waals surface area contributed by atoms with Gasteiger partial charge in [-0.2, -0.15) is 21.3 Å². The maximum atomic E-state index is 12.6. The number of benzene rings is 1. The number of nitrogens with zero attached hydrogens (tertiary/aromatic N) is 2. The van der Waals surface area contributed by atoms with Crippen molar-refractivity contribution < 1.29 is 8.42 Å². The van der Waals surface area contributed by atoms with Crippen LogP contribution in [0.25, 0.3) is 0 Å². The molecule has 1 aliphatic heterocycles. The van der Waals surface area contributed by atoms with Gasteiger partial charge in [-0.15, -0.1) is 0 Å². The van der Waals surface area contributed by atoms with Crippen LogP contribution in [0.15, 0.2) is 23.1 Å². The summed E-state index contributed by atoms with van der Waals surface area (Å²) in [5.74, 6) is 0.764. The molecule has 0 N–H and O–H groups in total. The molecule has 0 aliphatic carbocycles. The Balaban J connectivity index is 2.38. The second-order valence-electron chi connectivity index (χ2n) is 5.20. The Kier molecular flexibility index (Phi) is 4.35. The Labute approximate surface area is 128 Å². The largest absolute Gasteiger partial charge is 0.244 e. The zero-order chi connectivity index (χ0) is 15.0. The monoisotopic (exact) mass is 330 g/mol. The molecule has 0 unspecified atom stereocenters. The first kappa shape index (κ1) is 15.6. The summed E-state index contributed by atoms with van der Waals surface area (Å²) in [7, 11) is -3.61. The van der Waals surface area contributed by atoms with Gasteiger partial charge in [-0.1, -0.05) is 11.6 Å². The lowest BCUT2D eigenvalue weighted by molar-refractivity contribution is 0.387. The molecule has 1 aromatic rings. The highest BCUT2D eigenvalue weighted by atomic mass is 35.5. The van der Waals surface area contributed by atoms with Crippen molar-refractivity contribution in [1.82, 2.24) is 4.31 Å². The van der Waals surface area contributed by atoms with E-state index in [1.165, 1.54) is 22.5 Å². The summed E-state index contributed by atoms with van der Waals surface area (Å²) in [4.78, 5) is 0.0702. The van der Waals surface area contributed by atoms with Crippen LogP contribution in [0.5, 0.6) is 0 Å². The van der Waals surface area contributed by atoms with Gasteiger partial charge in [0.05, 0.1) is 16.7 Å². The summed E-state index contributed by atoms with van der Waals surface area (Å²) in [6.45, 7) is 4.99. The van der Waals surface area contributed by atoms with Crippen molar-refractivity contribution in [3.8, 4) is 6.07 Å². The topological polar surface area (TPSA) is 61.2 Å². The number of nitriles is 1. The van der Waals surface area contributed by atoms with Crippen molar-refractivity contribution in [3.05, 3.63) is 28.8 Å². The quantitative estimate of drug-likeness (QED) is 0.836. The van der Waals surface area contributed by atoms with Crippen LogP contribution in [0.1, 0.15) is 19.4 Å². The van der Waals surface area contributed by atoms with Crippen molar-refractivity contribution in [1.29, 1.82) is 5.26 Å². The van der Waals surface area contributed by atoms with Crippen LogP contribution in [0, 0.1) is 11.3 Å². The van der Waals surface area contributed by atoms with E-state index in [4.69, 9.17) is 16.9 Å². The third kappa shape index (κ3) is 3.12. The lowest BCUT2D eigenvalue weighted by Crippen LogP contribution is -2.46. The highest BCUT2D eigenvalue weighted by molar-refractivity contribution is 8.00. The van der Waals surface area contributed by atoms with Crippen LogP contribution in [-0.2, 0) is 10.0 Å². The number of rotatable bonds is 2. The van der Waals surface area contributed by atoms with Gasteiger partial charge in [0.15, 0.2) is 0 Å². The summed E-state index contributed by atoms with van der Waals surface area (Å²) in [5, 5.41) is 8.90. The average molecular weight is 331 g/mol. The van der Waals surface area contributed by atoms with Crippen molar-refractivity contribution in [2.75, 3.05) is 18.8 Å². The SMILES string of the molecule is CC1(C)CN(S(=O)(=O)c2ccc(C#N)cc2Cl)CCS1. The van der Waals surface area contributed by atoms with E-state index in [-0.39, 0.29) is 14.7 Å². The number of hydrogen-bond donors (Lipinski definition) is 0. The molecule has 0 atom stereocenters. The van der Waals surface area contributed by atoms with Crippen LogP contribution in [0.2, 0.25) is 5.02 Å². The molecule has 108 valence electrons. The zero-order valence-electron chi connectivity index (χ0n) is 11.3. The molecule has 1 aliphatic rings. The van der Waals surface area contributed by atoms with Crippen molar-refractivity contribution in [2.45, 2.75) is 23.5 Å². The molecular formula is C13H15ClN2O2S2. The fourth-order valence-electron chi connectivity index (χ4n) is 2.10. The molecule has 7 heteroatoms. The maximum Gasteiger partial charge on any atom is 0.244 e. The van der Waals surface area contributed by atoms with Gasteiger partial charge in [-0.05, 0) is 32.0 Å². The van der Waals surface area contributed by atoms with Gasteiger partial charge in [-0.3, -0.25) is 0 Å². The van der Waals surface area contributed by atoms with Crippen molar-refractivity contribution in [2.24, 2.45) is 0 Å². The van der Waals surface area contributed by atoms with E-state index in [9.17, 15) is 8.42 Å². The van der Waals surface area contributed by atoms with E-state index in [2.05, 4.69) is 0 Å². The molecule has 0 bridgehead atoms. The molecule has 2 rings (SSSR count). The van der Waals surface area contributed by atoms with Crippen LogP contribution in [0.4, 0.5) is 0 Å². The smallest absolute Gasteiger partial charge is 0.207 e. The second kappa shape index (κ2) is 5.57. The minimum absolute atomic E-state index is 0.0702. The van der Waals surface area contributed by atoms with E-state index < -0.39 is 10.0 Å². The predicted molar refractivity (Wildman–Crippen MR) is 81.5 cm³/mol. The third-order valence-electron chi connectivity index (χ3n) is 3.07. The van der Waals surface area contributed by atoms with Gasteiger partial charge in [0, 0.05) is 23.6 Å². The molecular weight excluding hydrogens is 316 g/mol. The van der Waals surface area contributed by atoms with Crippen LogP contribution >= 0.6 is 23.4 Å². The lowest BCUT2D eigenvalue weighted by Gasteiger charge is -2.36. The molecule has 0 radical (unpaired) electrons. The standard InChI is InChI=1S/C13H15ClN2O2S2/c1-13(2)9-16(5-6-19-13)20(17,18)12-4-3-10(8-15)7-11(12)14/h3-4,7H,5-6,9H2,1-2H3. The first-order valence-electron chi connectivity index (χ1n) is 6.10.